The van der Waals surface area contributed by atoms with E-state index < -0.39 is 8.07 Å². The molecule has 0 aromatic rings. The molecule has 0 aliphatic rings. The van der Waals surface area contributed by atoms with Crippen molar-refractivity contribution in [2.24, 2.45) is 5.73 Å². The number of unbranched alkanes of at least 4 members (excludes halogenated alkanes) is 1. The first-order valence-corrected chi connectivity index (χ1v) is 7.47. The van der Waals surface area contributed by atoms with Crippen molar-refractivity contribution in [1.82, 2.24) is 0 Å². The fourth-order valence-electron chi connectivity index (χ4n) is 0.800. The Balaban J connectivity index is 3.07. The lowest BCUT2D eigenvalue weighted by Crippen LogP contribution is -2.19. The number of hydrogen-bond donors (Lipinski definition) is 1. The van der Waals surface area contributed by atoms with Crippen LogP contribution in [-0.4, -0.2) is 14.6 Å². The zero-order chi connectivity index (χ0) is 7.33. The topological polar surface area (TPSA) is 26.0 Å². The van der Waals surface area contributed by atoms with Crippen LogP contribution < -0.4 is 5.73 Å². The summed E-state index contributed by atoms with van der Waals surface area (Å²) in [5.41, 5.74) is 5.37. The minimum absolute atomic E-state index is 0.750. The molecule has 0 radical (unpaired) electrons. The van der Waals surface area contributed by atoms with Crippen molar-refractivity contribution in [3.05, 3.63) is 0 Å². The molecular weight excluding hydrogens is 126 g/mol. The summed E-state index contributed by atoms with van der Waals surface area (Å²) in [5, 5.41) is 0. The average Bonchev–Trinajstić information content (AvgIpc) is 1.63. The fourth-order valence-corrected chi connectivity index (χ4v) is 2.11. The summed E-state index contributed by atoms with van der Waals surface area (Å²) in [4.78, 5) is 0. The van der Waals surface area contributed by atoms with E-state index in [9.17, 15) is 0 Å². The monoisotopic (exact) mass is 145 g/mol. The summed E-state index contributed by atoms with van der Waals surface area (Å²) in [6, 6.07) is 1.43. The molecule has 0 saturated heterocycles. The second-order valence-electron chi connectivity index (χ2n) is 3.81. The molecule has 0 spiro atoms. The normalized spacial score (nSPS) is 12.0. The number of nitrogens with two attached hydrogens (primary N) is 1. The largest absolute Gasteiger partial charge is 0.330 e. The van der Waals surface area contributed by atoms with Crippen molar-refractivity contribution in [2.45, 2.75) is 38.5 Å². The lowest BCUT2D eigenvalue weighted by Gasteiger charge is -2.14. The van der Waals surface area contributed by atoms with Gasteiger partial charge in [0.15, 0.2) is 0 Å². The van der Waals surface area contributed by atoms with Crippen molar-refractivity contribution >= 4 is 8.07 Å². The maximum atomic E-state index is 5.37. The van der Waals surface area contributed by atoms with Gasteiger partial charge in [0.25, 0.3) is 0 Å². The minimum atomic E-state index is -0.750. The van der Waals surface area contributed by atoms with Crippen LogP contribution in [0.1, 0.15) is 12.8 Å². The number of hydrogen-bond acceptors (Lipinski definition) is 1. The van der Waals surface area contributed by atoms with Gasteiger partial charge < -0.3 is 5.73 Å². The van der Waals surface area contributed by atoms with E-state index in [2.05, 4.69) is 19.6 Å². The van der Waals surface area contributed by atoms with Crippen LogP contribution >= 0.6 is 0 Å². The smallest absolute Gasteiger partial charge is 0.0442 e. The van der Waals surface area contributed by atoms with Gasteiger partial charge in [-0.15, -0.1) is 0 Å². The Morgan fingerprint density at radius 1 is 1.11 bits per heavy atom. The predicted molar refractivity (Wildman–Crippen MR) is 46.4 cm³/mol. The molecule has 0 aliphatic heterocycles. The highest BCUT2D eigenvalue weighted by Crippen LogP contribution is 2.11. The van der Waals surface area contributed by atoms with E-state index >= 15 is 0 Å². The third-order valence-corrected chi connectivity index (χ3v) is 3.23. The maximum Gasteiger partial charge on any atom is 0.0442 e. The summed E-state index contributed by atoms with van der Waals surface area (Å²) in [7, 11) is -0.750. The van der Waals surface area contributed by atoms with Crippen molar-refractivity contribution in [3.8, 4) is 0 Å². The summed E-state index contributed by atoms with van der Waals surface area (Å²) in [5.74, 6) is 0. The molecule has 0 saturated carbocycles. The molecule has 0 aromatic heterocycles. The van der Waals surface area contributed by atoms with Crippen LogP contribution in [0.25, 0.3) is 0 Å². The van der Waals surface area contributed by atoms with E-state index in [-0.39, 0.29) is 0 Å². The molecule has 9 heavy (non-hydrogen) atoms. The Bertz CT molecular complexity index is 65.8. The van der Waals surface area contributed by atoms with Gasteiger partial charge in [-0.2, -0.15) is 0 Å². The van der Waals surface area contributed by atoms with Gasteiger partial charge in [0, 0.05) is 8.07 Å². The first-order chi connectivity index (χ1) is 4.06. The third-order valence-electron chi connectivity index (χ3n) is 1.38. The molecule has 0 atom stereocenters. The highest BCUT2D eigenvalue weighted by molar-refractivity contribution is 6.76. The first-order valence-electron chi connectivity index (χ1n) is 3.76. The molecule has 0 bridgehead atoms. The van der Waals surface area contributed by atoms with Gasteiger partial charge in [-0.1, -0.05) is 32.1 Å². The second-order valence-corrected chi connectivity index (χ2v) is 9.43. The van der Waals surface area contributed by atoms with Crippen LogP contribution in [-0.2, 0) is 0 Å². The predicted octanol–water partition coefficient (Wildman–Crippen LogP) is 2.06. The molecule has 56 valence electrons. The van der Waals surface area contributed by atoms with E-state index in [1.165, 1.54) is 18.9 Å². The standard InChI is InChI=1S/C7H19NSi/c1-9(2,3)7-5-4-6-8/h4-8H2,1-3H3. The zero-order valence-corrected chi connectivity index (χ0v) is 7.91. The molecule has 2 N–H and O–H groups in total. The quantitative estimate of drug-likeness (QED) is 0.475. The molecule has 0 rings (SSSR count). The first kappa shape index (κ1) is 9.18. The van der Waals surface area contributed by atoms with E-state index in [0.29, 0.717) is 0 Å². The molecule has 0 fully saturated rings. The average molecular weight is 145 g/mol. The maximum absolute atomic E-state index is 5.37. The van der Waals surface area contributed by atoms with Crippen LogP contribution in [0.3, 0.4) is 0 Å². The van der Waals surface area contributed by atoms with Gasteiger partial charge in [0.1, 0.15) is 0 Å². The van der Waals surface area contributed by atoms with Crippen LogP contribution in [0.4, 0.5) is 0 Å². The van der Waals surface area contributed by atoms with E-state index in [1.54, 1.807) is 0 Å². The van der Waals surface area contributed by atoms with E-state index in [1.807, 2.05) is 0 Å². The van der Waals surface area contributed by atoms with Gasteiger partial charge in [0.2, 0.25) is 0 Å². The lowest BCUT2D eigenvalue weighted by molar-refractivity contribution is 0.796. The highest BCUT2D eigenvalue weighted by atomic mass is 28.3. The van der Waals surface area contributed by atoms with Gasteiger partial charge in [-0.05, 0) is 13.0 Å². The summed E-state index contributed by atoms with van der Waals surface area (Å²) in [6.45, 7) is 8.08. The highest BCUT2D eigenvalue weighted by Gasteiger charge is 2.10. The number of rotatable bonds is 4. The van der Waals surface area contributed by atoms with Crippen LogP contribution in [0, 0.1) is 0 Å². The van der Waals surface area contributed by atoms with E-state index in [4.69, 9.17) is 5.73 Å². The molecule has 0 aliphatic carbocycles. The molecule has 0 heterocycles. The summed E-state index contributed by atoms with van der Waals surface area (Å²) in [6.07, 6.45) is 2.55. The van der Waals surface area contributed by atoms with Crippen molar-refractivity contribution in [1.29, 1.82) is 0 Å². The molecule has 0 aromatic carbocycles. The van der Waals surface area contributed by atoms with Crippen LogP contribution in [0.5, 0.6) is 0 Å². The molecule has 1 nitrogen and oxygen atoms in total. The molecule has 0 unspecified atom stereocenters. The zero-order valence-electron chi connectivity index (χ0n) is 6.91. The van der Waals surface area contributed by atoms with Crippen molar-refractivity contribution in [3.63, 3.8) is 0 Å². The summed E-state index contributed by atoms with van der Waals surface area (Å²) >= 11 is 0. The van der Waals surface area contributed by atoms with Gasteiger partial charge >= 0.3 is 0 Å². The Morgan fingerprint density at radius 3 is 2.00 bits per heavy atom. The molecular formula is C7H19NSi. The van der Waals surface area contributed by atoms with Crippen LogP contribution in [0.2, 0.25) is 25.7 Å². The Hall–Kier alpha value is 0.177. The SMILES string of the molecule is C[Si](C)(C)CCCCN. The molecule has 2 heteroatoms. The Morgan fingerprint density at radius 2 is 1.67 bits per heavy atom. The van der Waals surface area contributed by atoms with Crippen LogP contribution in [0.15, 0.2) is 0 Å². The van der Waals surface area contributed by atoms with Crippen molar-refractivity contribution < 1.29 is 0 Å². The van der Waals surface area contributed by atoms with E-state index in [0.717, 1.165) is 6.54 Å². The second kappa shape index (κ2) is 4.07. The Labute approximate surface area is 59.6 Å². The Kier molecular flexibility index (Phi) is 4.15. The van der Waals surface area contributed by atoms with Crippen molar-refractivity contribution in [2.75, 3.05) is 6.54 Å². The lowest BCUT2D eigenvalue weighted by atomic mass is 10.3. The van der Waals surface area contributed by atoms with Gasteiger partial charge in [0.05, 0.1) is 0 Å². The third kappa shape index (κ3) is 8.18. The fraction of sp³-hybridized carbons (Fsp3) is 1.00. The summed E-state index contributed by atoms with van der Waals surface area (Å²) < 4.78 is 0. The van der Waals surface area contributed by atoms with Gasteiger partial charge in [-0.3, -0.25) is 0 Å². The van der Waals surface area contributed by atoms with Gasteiger partial charge in [-0.25, -0.2) is 0 Å². The molecule has 0 amide bonds. The minimum Gasteiger partial charge on any atom is -0.330 e.